The van der Waals surface area contributed by atoms with Crippen LogP contribution in [0.4, 0.5) is 0 Å². The Balaban J connectivity index is 1.47. The molecule has 0 aliphatic carbocycles. The second-order valence-electron chi connectivity index (χ2n) is 7.55. The van der Waals surface area contributed by atoms with Crippen molar-refractivity contribution >= 4 is 0 Å². The largest absolute Gasteiger partial charge is 0.381 e. The zero-order chi connectivity index (χ0) is 14.3. The minimum Gasteiger partial charge on any atom is -0.381 e. The first-order chi connectivity index (χ1) is 10.3. The average molecular weight is 294 g/mol. The average Bonchev–Trinajstić information content (AvgIpc) is 3.08. The van der Waals surface area contributed by atoms with Gasteiger partial charge in [0.05, 0.1) is 5.60 Å². The topological polar surface area (TPSA) is 33.7 Å². The molecule has 1 N–H and O–H groups in total. The smallest absolute Gasteiger partial charge is 0.0741 e. The molecule has 120 valence electrons. The van der Waals surface area contributed by atoms with Gasteiger partial charge in [-0.3, -0.25) is 4.90 Å². The number of nitrogens with zero attached hydrogens (tertiary/aromatic N) is 1. The minimum absolute atomic E-state index is 0.134. The van der Waals surface area contributed by atoms with Crippen LogP contribution in [0.1, 0.15) is 39.0 Å². The van der Waals surface area contributed by atoms with Crippen molar-refractivity contribution in [1.29, 1.82) is 0 Å². The van der Waals surface area contributed by atoms with E-state index in [1.807, 2.05) is 0 Å². The van der Waals surface area contributed by atoms with E-state index in [9.17, 15) is 0 Å². The second-order valence-corrected chi connectivity index (χ2v) is 7.55. The van der Waals surface area contributed by atoms with E-state index in [0.29, 0.717) is 0 Å². The number of fused-ring (bicyclic) bond motifs is 1. The van der Waals surface area contributed by atoms with Crippen LogP contribution in [0.3, 0.4) is 0 Å². The molecule has 1 spiro atoms. The lowest BCUT2D eigenvalue weighted by Crippen LogP contribution is -2.53. The molecule has 0 aromatic carbocycles. The first-order valence-corrected chi connectivity index (χ1v) is 8.99. The Morgan fingerprint density at radius 2 is 2.05 bits per heavy atom. The van der Waals surface area contributed by atoms with Crippen molar-refractivity contribution in [2.45, 2.75) is 56.7 Å². The molecular formula is C17H30N2O2. The van der Waals surface area contributed by atoms with Gasteiger partial charge in [-0.1, -0.05) is 6.92 Å². The van der Waals surface area contributed by atoms with Crippen molar-refractivity contribution in [3.05, 3.63) is 0 Å². The lowest BCUT2D eigenvalue weighted by Gasteiger charge is -2.47. The first-order valence-electron chi connectivity index (χ1n) is 8.99. The fraction of sp³-hybridized carbons (Fsp3) is 1.00. The maximum absolute atomic E-state index is 6.24. The van der Waals surface area contributed by atoms with E-state index in [1.54, 1.807) is 0 Å². The Bertz CT molecular complexity index is 364. The normalized spacial score (nSPS) is 43.3. The van der Waals surface area contributed by atoms with Crippen LogP contribution in [0.25, 0.3) is 0 Å². The monoisotopic (exact) mass is 294 g/mol. The highest BCUT2D eigenvalue weighted by atomic mass is 16.5. The number of ether oxygens (including phenoxy) is 2. The molecule has 0 amide bonds. The molecule has 4 atom stereocenters. The van der Waals surface area contributed by atoms with E-state index in [-0.39, 0.29) is 5.60 Å². The maximum Gasteiger partial charge on any atom is 0.0741 e. The van der Waals surface area contributed by atoms with Crippen molar-refractivity contribution in [2.24, 2.45) is 11.8 Å². The summed E-state index contributed by atoms with van der Waals surface area (Å²) in [7, 11) is 0. The summed E-state index contributed by atoms with van der Waals surface area (Å²) in [6.45, 7) is 8.89. The molecule has 4 heterocycles. The maximum atomic E-state index is 6.24. The third-order valence-corrected chi connectivity index (χ3v) is 6.52. The number of nitrogens with one attached hydrogen (secondary N) is 1. The van der Waals surface area contributed by atoms with Crippen LogP contribution >= 0.6 is 0 Å². The highest BCUT2D eigenvalue weighted by Gasteiger charge is 2.48. The van der Waals surface area contributed by atoms with Crippen molar-refractivity contribution in [3.8, 4) is 0 Å². The lowest BCUT2D eigenvalue weighted by atomic mass is 9.83. The van der Waals surface area contributed by atoms with Gasteiger partial charge in [0, 0.05) is 38.4 Å². The molecule has 4 unspecified atom stereocenters. The molecule has 4 nitrogen and oxygen atoms in total. The number of rotatable bonds is 2. The van der Waals surface area contributed by atoms with Crippen LogP contribution in [0.2, 0.25) is 0 Å². The van der Waals surface area contributed by atoms with Crippen molar-refractivity contribution in [1.82, 2.24) is 10.2 Å². The van der Waals surface area contributed by atoms with E-state index in [2.05, 4.69) is 17.1 Å². The SMILES string of the molecule is CCC1C2CNCC2CN1C1CCOC2(CCOCC2)C1. The molecule has 0 aromatic rings. The molecule has 4 heteroatoms. The van der Waals surface area contributed by atoms with Crippen molar-refractivity contribution in [2.75, 3.05) is 39.5 Å². The van der Waals surface area contributed by atoms with Gasteiger partial charge in [0.2, 0.25) is 0 Å². The van der Waals surface area contributed by atoms with Gasteiger partial charge in [0.25, 0.3) is 0 Å². The Labute approximate surface area is 128 Å². The van der Waals surface area contributed by atoms with Crippen LogP contribution in [-0.2, 0) is 9.47 Å². The summed E-state index contributed by atoms with van der Waals surface area (Å²) in [5, 5.41) is 3.60. The fourth-order valence-electron chi connectivity index (χ4n) is 5.39. The number of hydrogen-bond donors (Lipinski definition) is 1. The molecule has 4 aliphatic rings. The summed E-state index contributed by atoms with van der Waals surface area (Å²) in [5.41, 5.74) is 0.134. The van der Waals surface area contributed by atoms with Crippen LogP contribution in [0.5, 0.6) is 0 Å². The molecule has 0 bridgehead atoms. The Morgan fingerprint density at radius 3 is 2.86 bits per heavy atom. The molecule has 4 rings (SSSR count). The van der Waals surface area contributed by atoms with Crippen LogP contribution in [0, 0.1) is 11.8 Å². The summed E-state index contributed by atoms with van der Waals surface area (Å²) in [5.74, 6) is 1.78. The van der Waals surface area contributed by atoms with Crippen LogP contribution in [0.15, 0.2) is 0 Å². The van der Waals surface area contributed by atoms with E-state index < -0.39 is 0 Å². The van der Waals surface area contributed by atoms with Gasteiger partial charge in [0.1, 0.15) is 0 Å². The fourth-order valence-corrected chi connectivity index (χ4v) is 5.39. The Hall–Kier alpha value is -0.160. The molecular weight excluding hydrogens is 264 g/mol. The zero-order valence-corrected chi connectivity index (χ0v) is 13.4. The molecule has 0 radical (unpaired) electrons. The van der Waals surface area contributed by atoms with E-state index in [4.69, 9.17) is 9.47 Å². The lowest BCUT2D eigenvalue weighted by molar-refractivity contribution is -0.152. The van der Waals surface area contributed by atoms with Gasteiger partial charge in [-0.25, -0.2) is 0 Å². The number of likely N-dealkylation sites (tertiary alicyclic amines) is 1. The highest BCUT2D eigenvalue weighted by Crippen LogP contribution is 2.41. The molecule has 4 saturated heterocycles. The minimum atomic E-state index is 0.134. The van der Waals surface area contributed by atoms with Gasteiger partial charge in [-0.15, -0.1) is 0 Å². The number of hydrogen-bond acceptors (Lipinski definition) is 4. The van der Waals surface area contributed by atoms with Crippen molar-refractivity contribution < 1.29 is 9.47 Å². The van der Waals surface area contributed by atoms with Gasteiger partial charge in [-0.05, 0) is 57.0 Å². The van der Waals surface area contributed by atoms with E-state index >= 15 is 0 Å². The summed E-state index contributed by atoms with van der Waals surface area (Å²) in [6.07, 6.45) is 5.97. The van der Waals surface area contributed by atoms with E-state index in [0.717, 1.165) is 56.6 Å². The van der Waals surface area contributed by atoms with Gasteiger partial charge in [0.15, 0.2) is 0 Å². The highest BCUT2D eigenvalue weighted by molar-refractivity contribution is 5.02. The quantitative estimate of drug-likeness (QED) is 0.839. The third kappa shape index (κ3) is 2.54. The summed E-state index contributed by atoms with van der Waals surface area (Å²) >= 11 is 0. The summed E-state index contributed by atoms with van der Waals surface area (Å²) in [6, 6.07) is 1.54. The standard InChI is InChI=1S/C17H30N2O2/c1-2-16-15-11-18-10-13(15)12-19(16)14-3-6-21-17(9-14)4-7-20-8-5-17/h13-16,18H,2-12H2,1H3. The summed E-state index contributed by atoms with van der Waals surface area (Å²) < 4.78 is 11.8. The molecule has 0 aromatic heterocycles. The van der Waals surface area contributed by atoms with Gasteiger partial charge >= 0.3 is 0 Å². The van der Waals surface area contributed by atoms with Crippen LogP contribution < -0.4 is 5.32 Å². The predicted molar refractivity (Wildman–Crippen MR) is 82.4 cm³/mol. The molecule has 0 saturated carbocycles. The zero-order valence-electron chi connectivity index (χ0n) is 13.4. The van der Waals surface area contributed by atoms with Crippen molar-refractivity contribution in [3.63, 3.8) is 0 Å². The Kier molecular flexibility index (Phi) is 3.99. The molecule has 4 fully saturated rings. The van der Waals surface area contributed by atoms with Gasteiger partial charge in [-0.2, -0.15) is 0 Å². The second kappa shape index (κ2) is 5.80. The summed E-state index contributed by atoms with van der Waals surface area (Å²) in [4.78, 5) is 2.87. The molecule has 4 aliphatic heterocycles. The predicted octanol–water partition coefficient (Wildman–Crippen LogP) is 1.64. The first kappa shape index (κ1) is 14.4. The van der Waals surface area contributed by atoms with E-state index in [1.165, 1.54) is 38.9 Å². The molecule has 21 heavy (non-hydrogen) atoms. The Morgan fingerprint density at radius 1 is 1.19 bits per heavy atom. The van der Waals surface area contributed by atoms with Crippen LogP contribution in [-0.4, -0.2) is 62.0 Å². The third-order valence-electron chi connectivity index (χ3n) is 6.52. The van der Waals surface area contributed by atoms with Gasteiger partial charge < -0.3 is 14.8 Å².